The molecule has 178 valence electrons. The smallest absolute Gasteiger partial charge is 0.219 e. The Morgan fingerprint density at radius 2 is 2.00 bits per heavy atom. The molecule has 2 atom stereocenters. The highest BCUT2D eigenvalue weighted by atomic mass is 16.6. The number of carbonyl (C=O) groups is 1. The highest BCUT2D eigenvalue weighted by molar-refractivity contribution is 5.73. The van der Waals surface area contributed by atoms with Gasteiger partial charge in [-0.3, -0.25) is 4.79 Å². The summed E-state index contributed by atoms with van der Waals surface area (Å²) in [5.74, 6) is 4.09. The van der Waals surface area contributed by atoms with Crippen molar-refractivity contribution in [2.75, 3.05) is 38.7 Å². The first-order valence-electron chi connectivity index (χ1n) is 11.7. The van der Waals surface area contributed by atoms with Gasteiger partial charge in [-0.1, -0.05) is 12.1 Å². The predicted octanol–water partition coefficient (Wildman–Crippen LogP) is 2.97. The summed E-state index contributed by atoms with van der Waals surface area (Å²) in [6.07, 6.45) is 3.52. The molecule has 2 aliphatic rings. The molecule has 0 bridgehead atoms. The van der Waals surface area contributed by atoms with Gasteiger partial charge in [0.15, 0.2) is 23.4 Å². The molecule has 1 amide bonds. The fourth-order valence-electron chi connectivity index (χ4n) is 4.52. The molecule has 0 saturated carbocycles. The molecule has 1 saturated heterocycles. The fourth-order valence-corrected chi connectivity index (χ4v) is 4.52. The van der Waals surface area contributed by atoms with Crippen molar-refractivity contribution < 1.29 is 14.3 Å². The van der Waals surface area contributed by atoms with Crippen molar-refractivity contribution in [3.63, 3.8) is 0 Å². The Morgan fingerprint density at radius 3 is 2.74 bits per heavy atom. The number of pyridine rings is 1. The van der Waals surface area contributed by atoms with Crippen LogP contribution < -0.4 is 14.4 Å². The van der Waals surface area contributed by atoms with Gasteiger partial charge < -0.3 is 19.3 Å². The first kappa shape index (κ1) is 22.2. The monoisotopic (exact) mass is 462 g/mol. The van der Waals surface area contributed by atoms with Gasteiger partial charge in [0.25, 0.3) is 0 Å². The Labute approximate surface area is 199 Å². The third-order valence-corrected chi connectivity index (χ3v) is 6.34. The van der Waals surface area contributed by atoms with Crippen LogP contribution in [0, 0.1) is 0 Å². The topological polar surface area (TPSA) is 85.6 Å². The van der Waals surface area contributed by atoms with Crippen LogP contribution in [0.15, 0.2) is 42.6 Å². The van der Waals surface area contributed by atoms with Crippen molar-refractivity contribution in [3.05, 3.63) is 48.4 Å². The Morgan fingerprint density at radius 1 is 1.18 bits per heavy atom. The second-order valence-corrected chi connectivity index (χ2v) is 9.08. The van der Waals surface area contributed by atoms with E-state index in [-0.39, 0.29) is 17.9 Å². The number of aromatic nitrogens is 4. The lowest BCUT2D eigenvalue weighted by molar-refractivity contribution is -0.130. The molecule has 4 heterocycles. The molecular formula is C25H30N6O3. The first-order chi connectivity index (χ1) is 16.5. The van der Waals surface area contributed by atoms with Crippen LogP contribution in [0.25, 0.3) is 11.4 Å². The maximum absolute atomic E-state index is 12.0. The number of anilines is 1. The molecule has 1 aromatic carbocycles. The summed E-state index contributed by atoms with van der Waals surface area (Å²) in [7, 11) is 3.92. The Kier molecular flexibility index (Phi) is 6.08. The van der Waals surface area contributed by atoms with Gasteiger partial charge in [-0.15, -0.1) is 0 Å². The summed E-state index contributed by atoms with van der Waals surface area (Å²) < 4.78 is 14.0. The van der Waals surface area contributed by atoms with Crippen LogP contribution in [0.4, 0.5) is 5.82 Å². The molecule has 9 heteroatoms. The lowest BCUT2D eigenvalue weighted by atomic mass is 9.97. The highest BCUT2D eigenvalue weighted by Gasteiger charge is 2.30. The number of carbonyl (C=O) groups excluding carboxylic acids is 1. The van der Waals surface area contributed by atoms with Gasteiger partial charge in [-0.2, -0.15) is 5.10 Å². The Balaban J connectivity index is 1.44. The van der Waals surface area contributed by atoms with E-state index in [0.29, 0.717) is 25.5 Å². The molecule has 1 fully saturated rings. The molecule has 0 radical (unpaired) electrons. The van der Waals surface area contributed by atoms with Crippen molar-refractivity contribution in [2.24, 2.45) is 0 Å². The number of nitrogens with zero attached hydrogens (tertiary/aromatic N) is 6. The number of hydrogen-bond donors (Lipinski definition) is 0. The number of hydrogen-bond acceptors (Lipinski definition) is 7. The largest absolute Gasteiger partial charge is 0.486 e. The zero-order chi connectivity index (χ0) is 23.7. The zero-order valence-electron chi connectivity index (χ0n) is 19.8. The molecule has 2 unspecified atom stereocenters. The van der Waals surface area contributed by atoms with Crippen LogP contribution in [0.5, 0.6) is 11.5 Å². The number of likely N-dealkylation sites (tertiary alicyclic amines) is 1. The van der Waals surface area contributed by atoms with E-state index in [4.69, 9.17) is 19.6 Å². The molecule has 3 aromatic rings. The predicted molar refractivity (Wildman–Crippen MR) is 128 cm³/mol. The van der Waals surface area contributed by atoms with E-state index in [9.17, 15) is 4.79 Å². The summed E-state index contributed by atoms with van der Waals surface area (Å²) in [6, 6.07) is 11.6. The van der Waals surface area contributed by atoms with E-state index < -0.39 is 0 Å². The molecule has 0 aliphatic carbocycles. The number of rotatable bonds is 5. The quantitative estimate of drug-likeness (QED) is 0.576. The number of ether oxygens (including phenoxy) is 2. The van der Waals surface area contributed by atoms with E-state index in [0.717, 1.165) is 48.1 Å². The number of piperidine rings is 1. The summed E-state index contributed by atoms with van der Waals surface area (Å²) in [5, 5.41) is 4.86. The standard InChI is InChI=1S/C25H30N6O3/c1-17(32)30-12-6-7-19(14-30)25-27-24(18-10-11-23(26-13-18)29(2)3)28-31(25)15-20-16-33-21-8-4-5-9-22(21)34-20/h4-5,8-11,13,19-20H,6-7,12,14-16H2,1-3H3. The Hall–Kier alpha value is -3.62. The second-order valence-electron chi connectivity index (χ2n) is 9.08. The number of amides is 1. The maximum Gasteiger partial charge on any atom is 0.219 e. The normalized spacial score (nSPS) is 19.7. The lowest BCUT2D eigenvalue weighted by Gasteiger charge is -2.32. The van der Waals surface area contributed by atoms with Crippen molar-refractivity contribution in [1.29, 1.82) is 0 Å². The van der Waals surface area contributed by atoms with Gasteiger partial charge in [0.1, 0.15) is 18.2 Å². The van der Waals surface area contributed by atoms with Crippen molar-refractivity contribution in [2.45, 2.75) is 38.3 Å². The van der Waals surface area contributed by atoms with Crippen molar-refractivity contribution in [3.8, 4) is 22.9 Å². The van der Waals surface area contributed by atoms with Crippen LogP contribution in [0.1, 0.15) is 31.5 Å². The van der Waals surface area contributed by atoms with Crippen LogP contribution in [0.2, 0.25) is 0 Å². The van der Waals surface area contributed by atoms with Gasteiger partial charge in [0.05, 0.1) is 6.54 Å². The van der Waals surface area contributed by atoms with E-state index in [1.807, 2.05) is 65.0 Å². The minimum absolute atomic E-state index is 0.0973. The summed E-state index contributed by atoms with van der Waals surface area (Å²) in [6.45, 7) is 4.02. The number of fused-ring (bicyclic) bond motifs is 1. The summed E-state index contributed by atoms with van der Waals surface area (Å²) >= 11 is 0. The average Bonchev–Trinajstić information content (AvgIpc) is 3.28. The van der Waals surface area contributed by atoms with Gasteiger partial charge in [-0.05, 0) is 37.1 Å². The van der Waals surface area contributed by atoms with Gasteiger partial charge >= 0.3 is 0 Å². The number of benzene rings is 1. The van der Waals surface area contributed by atoms with Crippen molar-refractivity contribution >= 4 is 11.7 Å². The third kappa shape index (κ3) is 4.55. The van der Waals surface area contributed by atoms with Crippen molar-refractivity contribution in [1.82, 2.24) is 24.6 Å². The van der Waals surface area contributed by atoms with Gasteiger partial charge in [-0.25, -0.2) is 14.6 Å². The second kappa shape index (κ2) is 9.32. The fraction of sp³-hybridized carbons (Fsp3) is 0.440. The number of para-hydroxylation sites is 2. The molecular weight excluding hydrogens is 432 g/mol. The van der Waals surface area contributed by atoms with E-state index in [1.54, 1.807) is 13.1 Å². The third-order valence-electron chi connectivity index (χ3n) is 6.34. The van der Waals surface area contributed by atoms with E-state index >= 15 is 0 Å². The summed E-state index contributed by atoms with van der Waals surface area (Å²) in [5.41, 5.74) is 0.857. The zero-order valence-corrected chi connectivity index (χ0v) is 19.8. The van der Waals surface area contributed by atoms with Crippen LogP contribution >= 0.6 is 0 Å². The van der Waals surface area contributed by atoms with Crippen LogP contribution in [-0.4, -0.2) is 70.5 Å². The van der Waals surface area contributed by atoms with Gasteiger partial charge in [0.2, 0.25) is 5.91 Å². The lowest BCUT2D eigenvalue weighted by Crippen LogP contribution is -2.39. The molecule has 34 heavy (non-hydrogen) atoms. The van der Waals surface area contributed by atoms with E-state index in [1.165, 1.54) is 0 Å². The minimum Gasteiger partial charge on any atom is -0.486 e. The molecule has 2 aromatic heterocycles. The molecule has 9 nitrogen and oxygen atoms in total. The molecule has 5 rings (SSSR count). The first-order valence-corrected chi connectivity index (χ1v) is 11.7. The van der Waals surface area contributed by atoms with Gasteiger partial charge in [0, 0.05) is 51.8 Å². The Bertz CT molecular complexity index is 1160. The van der Waals surface area contributed by atoms with Crippen LogP contribution in [-0.2, 0) is 11.3 Å². The highest BCUT2D eigenvalue weighted by Crippen LogP contribution is 2.32. The minimum atomic E-state index is -0.190. The maximum atomic E-state index is 12.0. The SMILES string of the molecule is CC(=O)N1CCCC(c2nc(-c3ccc(N(C)C)nc3)nn2CC2COc3ccccc3O2)C1. The average molecular weight is 463 g/mol. The van der Waals surface area contributed by atoms with Crippen LogP contribution in [0.3, 0.4) is 0 Å². The molecule has 0 N–H and O–H groups in total. The summed E-state index contributed by atoms with van der Waals surface area (Å²) in [4.78, 5) is 25.4. The molecule has 2 aliphatic heterocycles. The molecule has 0 spiro atoms. The van der Waals surface area contributed by atoms with E-state index in [2.05, 4.69) is 4.98 Å².